The van der Waals surface area contributed by atoms with Gasteiger partial charge in [0.05, 0.1) is 19.7 Å². The van der Waals surface area contributed by atoms with Gasteiger partial charge in [-0.05, 0) is 50.6 Å². The highest BCUT2D eigenvalue weighted by molar-refractivity contribution is 6.07. The summed E-state index contributed by atoms with van der Waals surface area (Å²) in [7, 11) is 1.63. The molecule has 0 radical (unpaired) electrons. The number of amides is 1. The number of ether oxygens (including phenoxy) is 1. The van der Waals surface area contributed by atoms with Crippen molar-refractivity contribution in [2.75, 3.05) is 18.6 Å². The van der Waals surface area contributed by atoms with Crippen LogP contribution in [0.15, 0.2) is 54.6 Å². The van der Waals surface area contributed by atoms with Gasteiger partial charge in [0.15, 0.2) is 5.60 Å². The standard InChI is InChI=1S/C22H26N2O3/c1-21(2,3)24-19(16-8-6-5-7-9-16)14-22(27-24)15-23(20(22)25)17-10-12-18(26-4)13-11-17/h5-13,19H,14-15H2,1-4H3. The van der Waals surface area contributed by atoms with Gasteiger partial charge in [-0.2, -0.15) is 5.06 Å². The average Bonchev–Trinajstić information content (AvgIpc) is 3.10. The summed E-state index contributed by atoms with van der Waals surface area (Å²) in [6.07, 6.45) is 0.666. The van der Waals surface area contributed by atoms with Crippen molar-refractivity contribution in [2.45, 2.75) is 44.4 Å². The summed E-state index contributed by atoms with van der Waals surface area (Å²) < 4.78 is 5.20. The average molecular weight is 366 g/mol. The first-order valence-electron chi connectivity index (χ1n) is 9.33. The smallest absolute Gasteiger partial charge is 0.263 e. The summed E-state index contributed by atoms with van der Waals surface area (Å²) in [5, 5.41) is 2.01. The number of rotatable bonds is 3. The Morgan fingerprint density at radius 2 is 1.74 bits per heavy atom. The summed E-state index contributed by atoms with van der Waals surface area (Å²) in [4.78, 5) is 21.3. The molecule has 2 aliphatic rings. The number of carbonyl (C=O) groups excluding carboxylic acids is 1. The van der Waals surface area contributed by atoms with E-state index in [1.165, 1.54) is 5.56 Å². The van der Waals surface area contributed by atoms with Crippen molar-refractivity contribution in [1.82, 2.24) is 5.06 Å². The first kappa shape index (κ1) is 18.0. The van der Waals surface area contributed by atoms with E-state index in [0.29, 0.717) is 13.0 Å². The Morgan fingerprint density at radius 3 is 2.30 bits per heavy atom. The Labute approximate surface area is 160 Å². The number of benzene rings is 2. The SMILES string of the molecule is COc1ccc(N2CC3(CC(c4ccccc4)N(C(C)(C)C)O3)C2=O)cc1. The van der Waals surface area contributed by atoms with E-state index in [1.807, 2.05) is 47.5 Å². The number of hydrogen-bond acceptors (Lipinski definition) is 4. The van der Waals surface area contributed by atoms with Gasteiger partial charge >= 0.3 is 0 Å². The third kappa shape index (κ3) is 3.01. The monoisotopic (exact) mass is 366 g/mol. The molecule has 27 heavy (non-hydrogen) atoms. The molecule has 2 fully saturated rings. The molecule has 1 amide bonds. The maximum absolute atomic E-state index is 13.1. The molecule has 0 bridgehead atoms. The Bertz CT molecular complexity index is 829. The zero-order chi connectivity index (χ0) is 19.2. The molecule has 2 aromatic rings. The van der Waals surface area contributed by atoms with Crippen molar-refractivity contribution in [2.24, 2.45) is 0 Å². The first-order chi connectivity index (χ1) is 12.8. The molecule has 0 saturated carbocycles. The number of β-lactam (4-membered cyclic amide) rings is 1. The van der Waals surface area contributed by atoms with Crippen LogP contribution in [0.4, 0.5) is 5.69 Å². The van der Waals surface area contributed by atoms with Crippen molar-refractivity contribution in [3.8, 4) is 5.75 Å². The molecule has 0 aliphatic carbocycles. The summed E-state index contributed by atoms with van der Waals surface area (Å²) in [5.41, 5.74) is 1.08. The topological polar surface area (TPSA) is 42.0 Å². The van der Waals surface area contributed by atoms with Gasteiger partial charge in [-0.25, -0.2) is 0 Å². The van der Waals surface area contributed by atoms with E-state index < -0.39 is 5.60 Å². The molecule has 142 valence electrons. The fraction of sp³-hybridized carbons (Fsp3) is 0.409. The van der Waals surface area contributed by atoms with Crippen LogP contribution < -0.4 is 9.64 Å². The van der Waals surface area contributed by atoms with Crippen molar-refractivity contribution >= 4 is 11.6 Å². The molecule has 0 N–H and O–H groups in total. The molecule has 5 heteroatoms. The highest BCUT2D eigenvalue weighted by atomic mass is 16.7. The number of nitrogens with zero attached hydrogens (tertiary/aromatic N) is 2. The zero-order valence-corrected chi connectivity index (χ0v) is 16.3. The summed E-state index contributed by atoms with van der Waals surface area (Å²) in [6.45, 7) is 6.92. The van der Waals surface area contributed by atoms with E-state index in [4.69, 9.17) is 9.57 Å². The van der Waals surface area contributed by atoms with E-state index in [2.05, 4.69) is 32.9 Å². The fourth-order valence-electron chi connectivity index (χ4n) is 3.96. The van der Waals surface area contributed by atoms with Gasteiger partial charge in [0, 0.05) is 17.6 Å². The third-order valence-electron chi connectivity index (χ3n) is 5.36. The van der Waals surface area contributed by atoms with Crippen LogP contribution in [0.5, 0.6) is 5.75 Å². The predicted molar refractivity (Wildman–Crippen MR) is 105 cm³/mol. The lowest BCUT2D eigenvalue weighted by atomic mass is 9.84. The van der Waals surface area contributed by atoms with Crippen LogP contribution in [-0.2, 0) is 9.63 Å². The van der Waals surface area contributed by atoms with E-state index in [1.54, 1.807) is 12.0 Å². The normalized spacial score (nSPS) is 25.7. The second-order valence-corrected chi connectivity index (χ2v) is 8.30. The Hall–Kier alpha value is -2.37. The lowest BCUT2D eigenvalue weighted by molar-refractivity contribution is -0.248. The molecule has 1 spiro atoms. The largest absolute Gasteiger partial charge is 0.497 e. The first-order valence-corrected chi connectivity index (χ1v) is 9.33. The molecule has 2 saturated heterocycles. The number of methoxy groups -OCH3 is 1. The van der Waals surface area contributed by atoms with Gasteiger partial charge in [0.1, 0.15) is 5.75 Å². The maximum atomic E-state index is 13.1. The second-order valence-electron chi connectivity index (χ2n) is 8.30. The highest BCUT2D eigenvalue weighted by Gasteiger charge is 2.62. The molecule has 2 heterocycles. The van der Waals surface area contributed by atoms with Gasteiger partial charge in [-0.15, -0.1) is 0 Å². The van der Waals surface area contributed by atoms with Crippen molar-refractivity contribution < 1.29 is 14.4 Å². The van der Waals surface area contributed by atoms with Crippen LogP contribution in [-0.4, -0.2) is 35.8 Å². The number of hydrogen-bond donors (Lipinski definition) is 0. The molecule has 2 aliphatic heterocycles. The fourth-order valence-corrected chi connectivity index (χ4v) is 3.96. The van der Waals surface area contributed by atoms with Gasteiger partial charge in [0.2, 0.25) is 0 Å². The molecule has 2 unspecified atom stereocenters. The summed E-state index contributed by atoms with van der Waals surface area (Å²) >= 11 is 0. The number of carbonyl (C=O) groups is 1. The van der Waals surface area contributed by atoms with E-state index >= 15 is 0 Å². The Kier molecular flexibility index (Phi) is 4.24. The molecular weight excluding hydrogens is 340 g/mol. The van der Waals surface area contributed by atoms with E-state index in [0.717, 1.165) is 11.4 Å². The third-order valence-corrected chi connectivity index (χ3v) is 5.36. The van der Waals surface area contributed by atoms with Crippen molar-refractivity contribution in [1.29, 1.82) is 0 Å². The zero-order valence-electron chi connectivity index (χ0n) is 16.3. The summed E-state index contributed by atoms with van der Waals surface area (Å²) in [6, 6.07) is 17.9. The minimum Gasteiger partial charge on any atom is -0.497 e. The van der Waals surface area contributed by atoms with Gasteiger partial charge in [0.25, 0.3) is 5.91 Å². The van der Waals surface area contributed by atoms with Gasteiger partial charge < -0.3 is 9.64 Å². The molecular formula is C22H26N2O3. The molecule has 2 aromatic carbocycles. The van der Waals surface area contributed by atoms with E-state index in [-0.39, 0.29) is 17.5 Å². The van der Waals surface area contributed by atoms with Gasteiger partial charge in [-0.3, -0.25) is 9.63 Å². The minimum atomic E-state index is -0.770. The molecule has 2 atom stereocenters. The number of hydroxylamine groups is 2. The van der Waals surface area contributed by atoms with Crippen LogP contribution in [0.25, 0.3) is 0 Å². The molecule has 0 aromatic heterocycles. The summed E-state index contributed by atoms with van der Waals surface area (Å²) in [5.74, 6) is 0.807. The van der Waals surface area contributed by atoms with Crippen LogP contribution in [0.3, 0.4) is 0 Å². The molecule has 5 nitrogen and oxygen atoms in total. The predicted octanol–water partition coefficient (Wildman–Crippen LogP) is 3.96. The lowest BCUT2D eigenvalue weighted by Crippen LogP contribution is -2.67. The van der Waals surface area contributed by atoms with Crippen LogP contribution in [0.1, 0.15) is 38.8 Å². The minimum absolute atomic E-state index is 0.0281. The quantitative estimate of drug-likeness (QED) is 0.771. The molecule has 4 rings (SSSR count). The van der Waals surface area contributed by atoms with Crippen LogP contribution >= 0.6 is 0 Å². The lowest BCUT2D eigenvalue weighted by Gasteiger charge is -2.46. The second kappa shape index (κ2) is 6.36. The highest BCUT2D eigenvalue weighted by Crippen LogP contribution is 2.49. The van der Waals surface area contributed by atoms with Gasteiger partial charge in [-0.1, -0.05) is 30.3 Å². The Morgan fingerprint density at radius 1 is 1.07 bits per heavy atom. The van der Waals surface area contributed by atoms with Crippen molar-refractivity contribution in [3.05, 3.63) is 60.2 Å². The van der Waals surface area contributed by atoms with Crippen LogP contribution in [0.2, 0.25) is 0 Å². The van der Waals surface area contributed by atoms with Crippen molar-refractivity contribution in [3.63, 3.8) is 0 Å². The maximum Gasteiger partial charge on any atom is 0.263 e. The Balaban J connectivity index is 1.58. The number of anilines is 1. The van der Waals surface area contributed by atoms with Crippen LogP contribution in [0, 0.1) is 0 Å². The van der Waals surface area contributed by atoms with E-state index in [9.17, 15) is 4.79 Å².